The Morgan fingerprint density at radius 2 is 2.12 bits per heavy atom. The van der Waals surface area contributed by atoms with Gasteiger partial charge in [-0.1, -0.05) is 36.8 Å². The molecule has 0 aliphatic heterocycles. The first-order valence-corrected chi connectivity index (χ1v) is 8.52. The molecule has 2 atom stereocenters. The number of aromatic nitrogens is 4. The summed E-state index contributed by atoms with van der Waals surface area (Å²) in [6.45, 7) is 2.28. The molecule has 1 aliphatic rings. The Bertz CT molecular complexity index is 756. The van der Waals surface area contributed by atoms with Crippen LogP contribution in [0.4, 0.5) is 0 Å². The van der Waals surface area contributed by atoms with Crippen molar-refractivity contribution in [3.63, 3.8) is 0 Å². The van der Waals surface area contributed by atoms with Crippen LogP contribution in [0.3, 0.4) is 0 Å². The van der Waals surface area contributed by atoms with Gasteiger partial charge in [0.15, 0.2) is 5.82 Å². The summed E-state index contributed by atoms with van der Waals surface area (Å²) in [6.07, 6.45) is 4.22. The number of carbonyl (C=O) groups excluding carboxylic acids is 1. The van der Waals surface area contributed by atoms with E-state index < -0.39 is 0 Å². The smallest absolute Gasteiger partial charge is 0.272 e. The standard InChI is InChI=1S/C18H23N5O2/c1-13-19-20-21-23(13)16(11-14-7-4-3-5-8-14)18(25)22(2)12-15-9-6-10-17(15)24/h3-5,7-8,11,15,17,24H,6,9-10,12H2,1-2H3/b16-11-. The lowest BCUT2D eigenvalue weighted by atomic mass is 10.1. The molecule has 1 amide bonds. The molecule has 1 heterocycles. The van der Waals surface area contributed by atoms with E-state index >= 15 is 0 Å². The molecule has 2 aromatic rings. The van der Waals surface area contributed by atoms with Gasteiger partial charge >= 0.3 is 0 Å². The van der Waals surface area contributed by atoms with Gasteiger partial charge < -0.3 is 10.0 Å². The third-order valence-electron chi connectivity index (χ3n) is 4.65. The zero-order valence-corrected chi connectivity index (χ0v) is 14.5. The second-order valence-electron chi connectivity index (χ2n) is 6.52. The van der Waals surface area contributed by atoms with Crippen molar-refractivity contribution in [3.05, 3.63) is 41.7 Å². The van der Waals surface area contributed by atoms with Crippen LogP contribution in [0.25, 0.3) is 11.8 Å². The molecule has 7 heteroatoms. The molecule has 0 saturated heterocycles. The third-order valence-corrected chi connectivity index (χ3v) is 4.65. The van der Waals surface area contributed by atoms with Gasteiger partial charge in [-0.15, -0.1) is 5.10 Å². The number of tetrazole rings is 1. The number of aliphatic hydroxyl groups is 1. The molecule has 0 bridgehead atoms. The molecule has 2 unspecified atom stereocenters. The lowest BCUT2D eigenvalue weighted by molar-refractivity contribution is -0.125. The van der Waals surface area contributed by atoms with Crippen LogP contribution in [-0.4, -0.2) is 55.8 Å². The Hall–Kier alpha value is -2.54. The fraction of sp³-hybridized carbons (Fsp3) is 0.444. The third kappa shape index (κ3) is 3.93. The highest BCUT2D eigenvalue weighted by Crippen LogP contribution is 2.26. The highest BCUT2D eigenvalue weighted by Gasteiger charge is 2.29. The van der Waals surface area contributed by atoms with Crippen LogP contribution in [-0.2, 0) is 4.79 Å². The van der Waals surface area contributed by atoms with Gasteiger partial charge in [-0.2, -0.15) is 4.68 Å². The maximum absolute atomic E-state index is 13.1. The largest absolute Gasteiger partial charge is 0.393 e. The maximum atomic E-state index is 13.1. The minimum atomic E-state index is -0.327. The number of nitrogens with zero attached hydrogens (tertiary/aromatic N) is 5. The van der Waals surface area contributed by atoms with Crippen molar-refractivity contribution >= 4 is 17.7 Å². The van der Waals surface area contributed by atoms with Gasteiger partial charge in [-0.3, -0.25) is 4.79 Å². The van der Waals surface area contributed by atoms with E-state index in [4.69, 9.17) is 0 Å². The minimum Gasteiger partial charge on any atom is -0.393 e. The summed E-state index contributed by atoms with van der Waals surface area (Å²) in [5.41, 5.74) is 1.29. The van der Waals surface area contributed by atoms with Gasteiger partial charge in [0.25, 0.3) is 5.91 Å². The summed E-state index contributed by atoms with van der Waals surface area (Å²) in [6, 6.07) is 9.61. The van der Waals surface area contributed by atoms with Gasteiger partial charge in [0.05, 0.1) is 6.10 Å². The summed E-state index contributed by atoms with van der Waals surface area (Å²) in [5.74, 6) is 0.505. The molecule has 1 fully saturated rings. The number of benzene rings is 1. The Kier molecular flexibility index (Phi) is 5.23. The van der Waals surface area contributed by atoms with Gasteiger partial charge in [0.1, 0.15) is 5.70 Å². The molecule has 132 valence electrons. The molecule has 1 aliphatic carbocycles. The highest BCUT2D eigenvalue weighted by molar-refractivity contribution is 6.18. The molecule has 3 rings (SSSR count). The predicted molar refractivity (Wildman–Crippen MR) is 94.1 cm³/mol. The molecule has 1 aromatic heterocycles. The van der Waals surface area contributed by atoms with Crippen LogP contribution >= 0.6 is 0 Å². The first kappa shape index (κ1) is 17.3. The van der Waals surface area contributed by atoms with Gasteiger partial charge in [0.2, 0.25) is 0 Å². The zero-order chi connectivity index (χ0) is 17.8. The summed E-state index contributed by atoms with van der Waals surface area (Å²) >= 11 is 0. The molecule has 1 saturated carbocycles. The minimum absolute atomic E-state index is 0.127. The molecular weight excluding hydrogens is 318 g/mol. The van der Waals surface area contributed by atoms with Crippen LogP contribution in [0, 0.1) is 12.8 Å². The number of amides is 1. The van der Waals surface area contributed by atoms with Crippen LogP contribution in [0.5, 0.6) is 0 Å². The fourth-order valence-electron chi connectivity index (χ4n) is 3.24. The van der Waals surface area contributed by atoms with Crippen LogP contribution in [0.15, 0.2) is 30.3 Å². The monoisotopic (exact) mass is 341 g/mol. The molecule has 0 spiro atoms. The van der Waals surface area contributed by atoms with E-state index in [0.717, 1.165) is 24.8 Å². The van der Waals surface area contributed by atoms with Crippen molar-refractivity contribution in [3.8, 4) is 0 Å². The van der Waals surface area contributed by atoms with Crippen molar-refractivity contribution in [2.75, 3.05) is 13.6 Å². The molecular formula is C18H23N5O2. The molecule has 1 N–H and O–H groups in total. The van der Waals surface area contributed by atoms with Gasteiger partial charge in [0, 0.05) is 19.5 Å². The van der Waals surface area contributed by atoms with Crippen LogP contribution in [0.1, 0.15) is 30.7 Å². The number of carbonyl (C=O) groups is 1. The zero-order valence-electron chi connectivity index (χ0n) is 14.5. The number of aliphatic hydroxyl groups excluding tert-OH is 1. The lowest BCUT2D eigenvalue weighted by Crippen LogP contribution is -2.36. The van der Waals surface area contributed by atoms with Gasteiger partial charge in [-0.05, 0) is 41.8 Å². The number of hydrogen-bond acceptors (Lipinski definition) is 5. The molecule has 1 aromatic carbocycles. The Balaban J connectivity index is 1.87. The van der Waals surface area contributed by atoms with Crippen LogP contribution < -0.4 is 0 Å². The topological polar surface area (TPSA) is 84.1 Å². The Morgan fingerprint density at radius 1 is 1.36 bits per heavy atom. The Morgan fingerprint density at radius 3 is 2.72 bits per heavy atom. The van der Waals surface area contributed by atoms with Crippen molar-refractivity contribution in [2.45, 2.75) is 32.3 Å². The van der Waals surface area contributed by atoms with E-state index in [9.17, 15) is 9.90 Å². The average molecular weight is 341 g/mol. The van der Waals surface area contributed by atoms with E-state index in [2.05, 4.69) is 15.5 Å². The first-order valence-electron chi connectivity index (χ1n) is 8.52. The summed E-state index contributed by atoms with van der Waals surface area (Å²) in [5, 5.41) is 21.5. The molecule has 0 radical (unpaired) electrons. The molecule has 25 heavy (non-hydrogen) atoms. The van der Waals surface area contributed by atoms with E-state index in [1.165, 1.54) is 4.68 Å². The van der Waals surface area contributed by atoms with Crippen LogP contribution in [0.2, 0.25) is 0 Å². The fourth-order valence-corrected chi connectivity index (χ4v) is 3.24. The highest BCUT2D eigenvalue weighted by atomic mass is 16.3. The maximum Gasteiger partial charge on any atom is 0.272 e. The first-order chi connectivity index (χ1) is 12.1. The Labute approximate surface area is 147 Å². The van der Waals surface area contributed by atoms with E-state index in [-0.39, 0.29) is 17.9 Å². The summed E-state index contributed by atoms with van der Waals surface area (Å²) < 4.78 is 1.46. The predicted octanol–water partition coefficient (Wildman–Crippen LogP) is 1.60. The quantitative estimate of drug-likeness (QED) is 0.835. The van der Waals surface area contributed by atoms with E-state index in [1.54, 1.807) is 24.9 Å². The SMILES string of the molecule is Cc1nnnn1/C(=C\c1ccccc1)C(=O)N(C)CC1CCCC1O. The molecule has 7 nitrogen and oxygen atoms in total. The van der Waals surface area contributed by atoms with Crippen molar-refractivity contribution in [2.24, 2.45) is 5.92 Å². The number of aryl methyl sites for hydroxylation is 1. The number of likely N-dealkylation sites (N-methyl/N-ethyl adjacent to an activating group) is 1. The summed E-state index contributed by atoms with van der Waals surface area (Å²) in [7, 11) is 1.76. The average Bonchev–Trinajstić information content (AvgIpc) is 3.21. The van der Waals surface area contributed by atoms with Gasteiger partial charge in [-0.25, -0.2) is 0 Å². The van der Waals surface area contributed by atoms with Crippen molar-refractivity contribution in [1.82, 2.24) is 25.1 Å². The second-order valence-corrected chi connectivity index (χ2v) is 6.52. The normalized spacial score (nSPS) is 20.7. The second kappa shape index (κ2) is 7.57. The van der Waals surface area contributed by atoms with Crippen molar-refractivity contribution in [1.29, 1.82) is 0 Å². The number of rotatable bonds is 5. The summed E-state index contributed by atoms with van der Waals surface area (Å²) in [4.78, 5) is 14.7. The lowest BCUT2D eigenvalue weighted by Gasteiger charge is -2.24. The van der Waals surface area contributed by atoms with Crippen molar-refractivity contribution < 1.29 is 9.90 Å². The number of hydrogen-bond donors (Lipinski definition) is 1. The van der Waals surface area contributed by atoms with E-state index in [0.29, 0.717) is 18.1 Å². The van der Waals surface area contributed by atoms with E-state index in [1.807, 2.05) is 30.3 Å².